The van der Waals surface area contributed by atoms with Crippen molar-refractivity contribution in [2.24, 2.45) is 0 Å². The average molecular weight is 398 g/mol. The molecule has 0 saturated carbocycles. The summed E-state index contributed by atoms with van der Waals surface area (Å²) in [7, 11) is -3.94. The van der Waals surface area contributed by atoms with Crippen molar-refractivity contribution >= 4 is 27.5 Å². The third kappa shape index (κ3) is 4.04. The van der Waals surface area contributed by atoms with Gasteiger partial charge < -0.3 is 4.74 Å². The number of ether oxygens (including phenoxy) is 1. The first-order valence-electron chi connectivity index (χ1n) is 7.88. The Bertz CT molecular complexity index is 936. The fraction of sp³-hybridized carbons (Fsp3) is 0.412. The van der Waals surface area contributed by atoms with Crippen LogP contribution >= 0.6 is 0 Å². The van der Waals surface area contributed by atoms with Gasteiger partial charge in [-0.1, -0.05) is 5.92 Å². The molecule has 146 valence electrons. The predicted octanol–water partition coefficient (Wildman–Crippen LogP) is 1.22. The Labute approximate surface area is 156 Å². The Kier molecular flexibility index (Phi) is 5.77. The molecule has 8 nitrogen and oxygen atoms in total. The number of cyclic esters (lactones) is 1. The second kappa shape index (κ2) is 7.54. The number of benzene rings is 1. The molecule has 1 saturated heterocycles. The molecule has 10 heteroatoms. The fourth-order valence-electron chi connectivity index (χ4n) is 2.71. The summed E-state index contributed by atoms with van der Waals surface area (Å²) >= 11 is 0. The van der Waals surface area contributed by atoms with Crippen molar-refractivity contribution in [3.63, 3.8) is 0 Å². The van der Waals surface area contributed by atoms with E-state index in [0.29, 0.717) is 0 Å². The number of sulfone groups is 1. The van der Waals surface area contributed by atoms with Crippen LogP contribution in [0, 0.1) is 17.7 Å². The number of rotatable bonds is 5. The summed E-state index contributed by atoms with van der Waals surface area (Å²) in [4.78, 5) is 25.2. The number of hydrogen-bond acceptors (Lipinski definition) is 6. The summed E-state index contributed by atoms with van der Waals surface area (Å²) in [6.45, 7) is 2.61. The van der Waals surface area contributed by atoms with Gasteiger partial charge in [-0.05, 0) is 32.0 Å². The van der Waals surface area contributed by atoms with Gasteiger partial charge in [-0.2, -0.15) is 0 Å². The number of carbonyl (C=O) groups is 2. The Morgan fingerprint density at radius 3 is 2.70 bits per heavy atom. The van der Waals surface area contributed by atoms with E-state index in [0.717, 1.165) is 24.1 Å². The van der Waals surface area contributed by atoms with E-state index in [-0.39, 0.29) is 24.2 Å². The molecule has 0 radical (unpaired) electrons. The molecule has 1 heterocycles. The highest BCUT2D eigenvalue weighted by atomic mass is 32.2. The van der Waals surface area contributed by atoms with E-state index in [9.17, 15) is 22.4 Å². The number of halogens is 1. The van der Waals surface area contributed by atoms with Crippen LogP contribution in [-0.4, -0.2) is 49.3 Å². The van der Waals surface area contributed by atoms with Crippen molar-refractivity contribution in [1.29, 1.82) is 0 Å². The zero-order valence-corrected chi connectivity index (χ0v) is 15.8. The van der Waals surface area contributed by atoms with Gasteiger partial charge in [0.05, 0.1) is 17.8 Å². The molecule has 1 aromatic carbocycles. The van der Waals surface area contributed by atoms with Gasteiger partial charge in [0.25, 0.3) is 5.91 Å². The lowest BCUT2D eigenvalue weighted by atomic mass is 10.0. The third-order valence-corrected chi connectivity index (χ3v) is 6.40. The molecule has 2 unspecified atom stereocenters. The Morgan fingerprint density at radius 1 is 1.52 bits per heavy atom. The summed E-state index contributed by atoms with van der Waals surface area (Å²) in [6, 6.07) is 4.03. The first-order chi connectivity index (χ1) is 12.5. The van der Waals surface area contributed by atoms with Gasteiger partial charge in [0.15, 0.2) is 14.6 Å². The molecule has 1 aliphatic heterocycles. The number of nitrogens with one attached hydrogen (secondary N) is 1. The molecule has 1 fully saturated rings. The molecular formula is C17H19FN2O6S. The van der Waals surface area contributed by atoms with Crippen molar-refractivity contribution < 1.29 is 32.3 Å². The lowest BCUT2D eigenvalue weighted by molar-refractivity contribution is -0.132. The standard InChI is InChI=1S/C17H19FN2O6S/c1-4-5-11-6-7-12(8-14(11)18)20-10-13(26-16(20)22)9-17(2,15(21)19-23)27(3,24)25/h6-8,13,23H,9-10H2,1-3H3,(H,19,21). The summed E-state index contributed by atoms with van der Waals surface area (Å²) in [5.41, 5.74) is 1.72. The number of amides is 2. The maximum absolute atomic E-state index is 14.1. The van der Waals surface area contributed by atoms with Crippen LogP contribution in [0.5, 0.6) is 0 Å². The molecule has 2 atom stereocenters. The molecule has 2 N–H and O–H groups in total. The zero-order chi connectivity index (χ0) is 20.4. The van der Waals surface area contributed by atoms with E-state index in [1.54, 1.807) is 6.92 Å². The topological polar surface area (TPSA) is 113 Å². The minimum atomic E-state index is -3.94. The van der Waals surface area contributed by atoms with E-state index >= 15 is 0 Å². The smallest absolute Gasteiger partial charge is 0.414 e. The van der Waals surface area contributed by atoms with Gasteiger partial charge >= 0.3 is 6.09 Å². The van der Waals surface area contributed by atoms with Crippen molar-refractivity contribution in [1.82, 2.24) is 5.48 Å². The van der Waals surface area contributed by atoms with Crippen LogP contribution in [0.15, 0.2) is 18.2 Å². The minimum Gasteiger partial charge on any atom is -0.444 e. The second-order valence-electron chi connectivity index (χ2n) is 6.30. The maximum Gasteiger partial charge on any atom is 0.414 e. The van der Waals surface area contributed by atoms with Gasteiger partial charge in [0.2, 0.25) is 0 Å². The Hall–Kier alpha value is -2.64. The summed E-state index contributed by atoms with van der Waals surface area (Å²) in [5, 5.41) is 8.86. The molecule has 0 bridgehead atoms. The lowest BCUT2D eigenvalue weighted by Gasteiger charge is -2.26. The highest BCUT2D eigenvalue weighted by Gasteiger charge is 2.48. The molecule has 2 rings (SSSR count). The third-order valence-electron chi connectivity index (χ3n) is 4.42. The van der Waals surface area contributed by atoms with Crippen molar-refractivity contribution in [3.8, 4) is 11.8 Å². The predicted molar refractivity (Wildman–Crippen MR) is 94.4 cm³/mol. The molecule has 1 aromatic rings. The monoisotopic (exact) mass is 398 g/mol. The number of hydroxylamine groups is 1. The highest BCUT2D eigenvalue weighted by molar-refractivity contribution is 7.92. The zero-order valence-electron chi connectivity index (χ0n) is 14.9. The van der Waals surface area contributed by atoms with E-state index in [4.69, 9.17) is 9.94 Å². The molecular weight excluding hydrogens is 379 g/mol. The van der Waals surface area contributed by atoms with Gasteiger partial charge in [-0.15, -0.1) is 5.92 Å². The highest BCUT2D eigenvalue weighted by Crippen LogP contribution is 2.30. The van der Waals surface area contributed by atoms with Crippen LogP contribution in [0.4, 0.5) is 14.9 Å². The van der Waals surface area contributed by atoms with E-state index in [2.05, 4.69) is 11.8 Å². The van der Waals surface area contributed by atoms with Gasteiger partial charge in [0.1, 0.15) is 11.9 Å². The fourth-order valence-corrected chi connectivity index (χ4v) is 3.58. The van der Waals surface area contributed by atoms with Crippen LogP contribution in [0.2, 0.25) is 0 Å². The van der Waals surface area contributed by atoms with E-state index < -0.39 is 38.5 Å². The van der Waals surface area contributed by atoms with Crippen LogP contribution in [0.3, 0.4) is 0 Å². The molecule has 0 spiro atoms. The SMILES string of the molecule is CC#Cc1ccc(N2CC(CC(C)(C(=O)NO)S(C)(=O)=O)OC2=O)cc1F. The molecule has 0 aromatic heterocycles. The maximum atomic E-state index is 14.1. The normalized spacial score (nSPS) is 18.9. The van der Waals surface area contributed by atoms with Crippen molar-refractivity contribution in [2.75, 3.05) is 17.7 Å². The van der Waals surface area contributed by atoms with Crippen molar-refractivity contribution in [2.45, 2.75) is 31.1 Å². The van der Waals surface area contributed by atoms with Crippen LogP contribution in [-0.2, 0) is 19.4 Å². The summed E-state index contributed by atoms with van der Waals surface area (Å²) in [5.74, 6) is 3.42. The number of hydrogen-bond donors (Lipinski definition) is 2. The number of nitrogens with zero attached hydrogens (tertiary/aromatic N) is 1. The lowest BCUT2D eigenvalue weighted by Crippen LogP contribution is -2.51. The van der Waals surface area contributed by atoms with Crippen LogP contribution in [0.25, 0.3) is 0 Å². The first-order valence-corrected chi connectivity index (χ1v) is 9.77. The minimum absolute atomic E-state index is 0.0824. The molecule has 0 aliphatic carbocycles. The molecule has 27 heavy (non-hydrogen) atoms. The molecule has 1 aliphatic rings. The Morgan fingerprint density at radius 2 is 2.19 bits per heavy atom. The summed E-state index contributed by atoms with van der Waals surface area (Å²) < 4.78 is 41.2. The second-order valence-corrected chi connectivity index (χ2v) is 8.75. The number of carbonyl (C=O) groups excluding carboxylic acids is 2. The quantitative estimate of drug-likeness (QED) is 0.438. The van der Waals surface area contributed by atoms with E-state index in [1.165, 1.54) is 17.6 Å². The first kappa shape index (κ1) is 20.7. The van der Waals surface area contributed by atoms with E-state index in [1.807, 2.05) is 0 Å². The molecule has 2 amide bonds. The average Bonchev–Trinajstić information content (AvgIpc) is 2.95. The van der Waals surface area contributed by atoms with Gasteiger partial charge in [-0.3, -0.25) is 14.9 Å². The summed E-state index contributed by atoms with van der Waals surface area (Å²) in [6.07, 6.45) is -1.27. The van der Waals surface area contributed by atoms with Gasteiger partial charge in [-0.25, -0.2) is 23.1 Å². The largest absolute Gasteiger partial charge is 0.444 e. The van der Waals surface area contributed by atoms with Crippen LogP contribution < -0.4 is 10.4 Å². The van der Waals surface area contributed by atoms with Gasteiger partial charge in [0, 0.05) is 12.7 Å². The number of anilines is 1. The van der Waals surface area contributed by atoms with Crippen LogP contribution in [0.1, 0.15) is 25.8 Å². The van der Waals surface area contributed by atoms with Crippen molar-refractivity contribution in [3.05, 3.63) is 29.6 Å². The Balaban J connectivity index is 2.25.